The van der Waals surface area contributed by atoms with E-state index in [0.29, 0.717) is 0 Å². The van der Waals surface area contributed by atoms with Crippen molar-refractivity contribution in [2.45, 2.75) is 61.4 Å². The molecule has 0 amide bonds. The third-order valence-corrected chi connectivity index (χ3v) is 7.31. The molecule has 0 spiro atoms. The van der Waals surface area contributed by atoms with E-state index in [4.69, 9.17) is 23.4 Å². The van der Waals surface area contributed by atoms with Gasteiger partial charge in [0, 0.05) is 17.7 Å². The number of benzene rings is 2. The maximum Gasteiger partial charge on any atom is 0.239 e. The number of aliphatic hydroxyl groups is 8. The SMILES string of the molecule is O=c1c(O[C@H]2O[C@H](CO)[C@@H](O)[C@H](O)[C@H]2O)c(-c2ccc(O[C@H]3O[C@H](CO)[C@@H](O)[C@H](O)[C@H]3O)c(O)c2)oc2cc(O)cc(O)c12. The molecule has 1 aromatic heterocycles. The Morgan fingerprint density at radius 2 is 1.25 bits per heavy atom. The van der Waals surface area contributed by atoms with Gasteiger partial charge in [-0.1, -0.05) is 0 Å². The summed E-state index contributed by atoms with van der Waals surface area (Å²) in [5.74, 6) is -3.31. The summed E-state index contributed by atoms with van der Waals surface area (Å²) in [6.45, 7) is -1.52. The number of hydrogen-bond donors (Lipinski definition) is 11. The highest BCUT2D eigenvalue weighted by Crippen LogP contribution is 2.40. The van der Waals surface area contributed by atoms with Crippen LogP contribution in [0, 0.1) is 0 Å². The highest BCUT2D eigenvalue weighted by molar-refractivity contribution is 5.88. The lowest BCUT2D eigenvalue weighted by atomic mass is 9.99. The third-order valence-electron chi connectivity index (χ3n) is 7.31. The predicted molar refractivity (Wildman–Crippen MR) is 142 cm³/mol. The molecular weight excluding hydrogens is 596 g/mol. The summed E-state index contributed by atoms with van der Waals surface area (Å²) < 4.78 is 27.4. The Balaban J connectivity index is 1.55. The van der Waals surface area contributed by atoms with Gasteiger partial charge in [0.1, 0.15) is 71.3 Å². The quantitative estimate of drug-likeness (QED) is 0.124. The van der Waals surface area contributed by atoms with E-state index in [1.165, 1.54) is 6.07 Å². The normalized spacial score (nSPS) is 32.5. The van der Waals surface area contributed by atoms with Gasteiger partial charge in [-0.25, -0.2) is 0 Å². The molecule has 0 radical (unpaired) electrons. The first kappa shape index (κ1) is 31.7. The van der Waals surface area contributed by atoms with E-state index in [2.05, 4.69) is 0 Å². The molecule has 17 nitrogen and oxygen atoms in total. The monoisotopic (exact) mass is 626 g/mol. The zero-order valence-corrected chi connectivity index (χ0v) is 22.4. The molecule has 0 unspecified atom stereocenters. The summed E-state index contributed by atoms with van der Waals surface area (Å²) in [4.78, 5) is 13.6. The van der Waals surface area contributed by atoms with Gasteiger partial charge in [0.25, 0.3) is 0 Å². The van der Waals surface area contributed by atoms with E-state index in [0.717, 1.165) is 24.3 Å². The van der Waals surface area contributed by atoms with Crippen LogP contribution in [0.25, 0.3) is 22.3 Å². The largest absolute Gasteiger partial charge is 0.508 e. The summed E-state index contributed by atoms with van der Waals surface area (Å²) in [6.07, 6.45) is -16.9. The van der Waals surface area contributed by atoms with E-state index in [1.807, 2.05) is 0 Å². The Hall–Kier alpha value is -3.75. The second-order valence-corrected chi connectivity index (χ2v) is 10.2. The van der Waals surface area contributed by atoms with Crippen LogP contribution in [0.4, 0.5) is 0 Å². The molecule has 0 aliphatic carbocycles. The lowest BCUT2D eigenvalue weighted by Crippen LogP contribution is -2.60. The van der Waals surface area contributed by atoms with E-state index in [1.54, 1.807) is 0 Å². The van der Waals surface area contributed by atoms with E-state index < -0.39 is 114 Å². The van der Waals surface area contributed by atoms with Gasteiger partial charge in [0.05, 0.1) is 13.2 Å². The lowest BCUT2D eigenvalue weighted by Gasteiger charge is -2.39. The molecule has 17 heteroatoms. The van der Waals surface area contributed by atoms with Crippen LogP contribution in [0.3, 0.4) is 0 Å². The second-order valence-electron chi connectivity index (χ2n) is 10.2. The minimum atomic E-state index is -1.94. The van der Waals surface area contributed by atoms with Crippen LogP contribution in [0.15, 0.2) is 39.5 Å². The van der Waals surface area contributed by atoms with Crippen molar-refractivity contribution in [3.63, 3.8) is 0 Å². The van der Waals surface area contributed by atoms with Gasteiger partial charge >= 0.3 is 0 Å². The Bertz CT molecular complexity index is 1550. The topological polar surface area (TPSA) is 290 Å². The molecule has 10 atom stereocenters. The molecule has 11 N–H and O–H groups in total. The van der Waals surface area contributed by atoms with Gasteiger partial charge in [-0.05, 0) is 18.2 Å². The van der Waals surface area contributed by atoms with Crippen LogP contribution in [0.2, 0.25) is 0 Å². The average Bonchev–Trinajstić information content (AvgIpc) is 2.99. The number of ether oxygens (including phenoxy) is 4. The van der Waals surface area contributed by atoms with Gasteiger partial charge in [0.2, 0.25) is 23.8 Å². The molecule has 2 aromatic carbocycles. The van der Waals surface area contributed by atoms with Gasteiger partial charge in [-0.2, -0.15) is 0 Å². The summed E-state index contributed by atoms with van der Waals surface area (Å²) in [5, 5.41) is 110. The Morgan fingerprint density at radius 1 is 0.682 bits per heavy atom. The highest BCUT2D eigenvalue weighted by atomic mass is 16.7. The number of phenolic OH excluding ortho intramolecular Hbond substituents is 3. The number of rotatable bonds is 7. The molecule has 240 valence electrons. The minimum Gasteiger partial charge on any atom is -0.508 e. The van der Waals surface area contributed by atoms with Gasteiger partial charge < -0.3 is 79.5 Å². The summed E-state index contributed by atoms with van der Waals surface area (Å²) in [7, 11) is 0. The fourth-order valence-electron chi connectivity index (χ4n) is 4.89. The molecule has 2 saturated heterocycles. The summed E-state index contributed by atoms with van der Waals surface area (Å²) in [6, 6.07) is 5.23. The minimum absolute atomic E-state index is 0.0925. The van der Waals surface area contributed by atoms with Crippen molar-refractivity contribution in [1.29, 1.82) is 0 Å². The molecule has 0 bridgehead atoms. The lowest BCUT2D eigenvalue weighted by molar-refractivity contribution is -0.277. The van der Waals surface area contributed by atoms with E-state index >= 15 is 0 Å². The summed E-state index contributed by atoms with van der Waals surface area (Å²) in [5.41, 5.74) is -1.47. The van der Waals surface area contributed by atoms with Crippen LogP contribution in [0.1, 0.15) is 0 Å². The van der Waals surface area contributed by atoms with Crippen molar-refractivity contribution in [3.05, 3.63) is 40.6 Å². The number of fused-ring (bicyclic) bond motifs is 1. The molecule has 44 heavy (non-hydrogen) atoms. The number of hydrogen-bond acceptors (Lipinski definition) is 17. The van der Waals surface area contributed by atoms with Gasteiger partial charge in [0.15, 0.2) is 17.3 Å². The van der Waals surface area contributed by atoms with Crippen LogP contribution >= 0.6 is 0 Å². The molecule has 5 rings (SSSR count). The Labute approximate surface area is 246 Å². The van der Waals surface area contributed by atoms with Crippen LogP contribution in [-0.2, 0) is 9.47 Å². The van der Waals surface area contributed by atoms with Crippen molar-refractivity contribution in [2.24, 2.45) is 0 Å². The number of aliphatic hydroxyl groups excluding tert-OH is 8. The predicted octanol–water partition coefficient (Wildman–Crippen LogP) is -3.07. The van der Waals surface area contributed by atoms with Gasteiger partial charge in [-0.15, -0.1) is 0 Å². The molecular formula is C27H30O17. The zero-order valence-electron chi connectivity index (χ0n) is 22.4. The van der Waals surface area contributed by atoms with Crippen LogP contribution in [0.5, 0.6) is 28.7 Å². The van der Waals surface area contributed by atoms with Crippen molar-refractivity contribution in [1.82, 2.24) is 0 Å². The third kappa shape index (κ3) is 5.61. The molecule has 3 aromatic rings. The van der Waals surface area contributed by atoms with Crippen LogP contribution in [-0.4, -0.2) is 131 Å². The average molecular weight is 627 g/mol. The van der Waals surface area contributed by atoms with E-state index in [-0.39, 0.29) is 16.9 Å². The maximum absolute atomic E-state index is 13.6. The molecule has 2 aliphatic heterocycles. The molecule has 0 saturated carbocycles. The fraction of sp³-hybridized carbons (Fsp3) is 0.444. The Morgan fingerprint density at radius 3 is 1.80 bits per heavy atom. The zero-order chi connectivity index (χ0) is 32.0. The smallest absolute Gasteiger partial charge is 0.239 e. The Kier molecular flexibility index (Phi) is 8.87. The first-order chi connectivity index (χ1) is 20.9. The second kappa shape index (κ2) is 12.3. The van der Waals surface area contributed by atoms with Crippen LogP contribution < -0.4 is 14.9 Å². The van der Waals surface area contributed by atoms with Gasteiger partial charge in [-0.3, -0.25) is 4.79 Å². The molecule has 2 fully saturated rings. The maximum atomic E-state index is 13.6. The van der Waals surface area contributed by atoms with Crippen molar-refractivity contribution in [3.8, 4) is 40.1 Å². The number of aromatic hydroxyl groups is 3. The molecule has 2 aliphatic rings. The van der Waals surface area contributed by atoms with E-state index in [9.17, 15) is 61.0 Å². The molecule has 3 heterocycles. The standard InChI is InChI=1S/C27H30O17/c28-6-14-17(33)20(36)22(38)26(42-14)41-12-2-1-8(3-10(12)31)24-25(19(35)16-11(32)4-9(30)5-13(16)40-24)44-27-23(39)21(37)18(34)15(7-29)43-27/h1-5,14-15,17-18,20-23,26-34,36-39H,6-7H2/t14-,15-,17-,18-,20+,21+,22-,23-,26+,27-/m1/s1. The van der Waals surface area contributed by atoms with Crippen molar-refractivity contribution < 1.29 is 79.5 Å². The highest BCUT2D eigenvalue weighted by Gasteiger charge is 2.46. The fourth-order valence-corrected chi connectivity index (χ4v) is 4.89. The number of phenols is 3. The first-order valence-electron chi connectivity index (χ1n) is 13.2. The first-order valence-corrected chi connectivity index (χ1v) is 13.2. The van der Waals surface area contributed by atoms with Crippen molar-refractivity contribution >= 4 is 11.0 Å². The summed E-state index contributed by atoms with van der Waals surface area (Å²) >= 11 is 0. The van der Waals surface area contributed by atoms with Crippen molar-refractivity contribution in [2.75, 3.05) is 13.2 Å².